The zero-order valence-corrected chi connectivity index (χ0v) is 26.7. The summed E-state index contributed by atoms with van der Waals surface area (Å²) < 4.78 is 59.9. The highest BCUT2D eigenvalue weighted by molar-refractivity contribution is 7.75. The summed E-state index contributed by atoms with van der Waals surface area (Å²) in [6, 6.07) is 0. The number of cyclic esters (lactones) is 2. The minimum atomic E-state index is -3.30. The van der Waals surface area contributed by atoms with E-state index in [2.05, 4.69) is 0 Å². The van der Waals surface area contributed by atoms with Crippen LogP contribution in [0.4, 0.5) is 0 Å². The van der Waals surface area contributed by atoms with Crippen molar-refractivity contribution >= 4 is 26.7 Å². The SMILES string of the molecule is COc1c(C)c2c(c(C)c1CCOP(C)(=O)CP(C)(=O)OCCc1c(C)c3c(c(C)c1OC)COC3=O)C(=O)OC2. The third-order valence-electron chi connectivity index (χ3n) is 7.85. The number of esters is 2. The summed E-state index contributed by atoms with van der Waals surface area (Å²) in [5.74, 6) is 0.354. The maximum atomic E-state index is 13.3. The van der Waals surface area contributed by atoms with Crippen LogP contribution in [0.2, 0.25) is 0 Å². The number of carbonyl (C=O) groups is 2. The van der Waals surface area contributed by atoms with Crippen LogP contribution in [0.5, 0.6) is 11.5 Å². The number of carbonyl (C=O) groups excluding carboxylic acids is 2. The third kappa shape index (κ3) is 6.12. The zero-order valence-electron chi connectivity index (χ0n) is 24.9. The standard InChI is InChI=1S/C29H38O10P2/c1-16-20(26(34-5)18(3)22-13-36-28(30)24(16)22)9-11-38-40(7,32)15-41(8,33)39-12-10-21-17(2)25-23(14-37-29(25)31)19(4)27(21)35-6/h9-15H2,1-8H3. The first-order chi connectivity index (χ1) is 19.2. The molecule has 0 aliphatic carbocycles. The van der Waals surface area contributed by atoms with Crippen molar-refractivity contribution in [2.24, 2.45) is 0 Å². The molecule has 2 heterocycles. The lowest BCUT2D eigenvalue weighted by molar-refractivity contribution is 0.0525. The molecule has 0 aromatic heterocycles. The molecule has 2 atom stereocenters. The van der Waals surface area contributed by atoms with Crippen LogP contribution in [-0.4, -0.2) is 58.6 Å². The van der Waals surface area contributed by atoms with Crippen molar-refractivity contribution in [1.29, 1.82) is 0 Å². The second-order valence-electron chi connectivity index (χ2n) is 10.7. The fraction of sp³-hybridized carbons (Fsp3) is 0.517. The molecule has 0 amide bonds. The van der Waals surface area contributed by atoms with E-state index in [9.17, 15) is 18.7 Å². The van der Waals surface area contributed by atoms with Crippen LogP contribution in [0.1, 0.15) is 65.2 Å². The van der Waals surface area contributed by atoms with E-state index in [-0.39, 0.29) is 44.3 Å². The highest BCUT2D eigenvalue weighted by atomic mass is 31.2. The normalized spacial score (nSPS) is 16.9. The van der Waals surface area contributed by atoms with Crippen LogP contribution >= 0.6 is 14.7 Å². The van der Waals surface area contributed by atoms with Crippen molar-refractivity contribution in [2.75, 3.05) is 46.7 Å². The van der Waals surface area contributed by atoms with Gasteiger partial charge in [0.1, 0.15) is 30.6 Å². The van der Waals surface area contributed by atoms with Gasteiger partial charge in [-0.05, 0) is 49.9 Å². The quantitative estimate of drug-likeness (QED) is 0.213. The van der Waals surface area contributed by atoms with E-state index in [4.69, 9.17) is 28.0 Å². The molecule has 0 saturated carbocycles. The first kappa shape index (κ1) is 31.3. The second-order valence-corrected chi connectivity index (χ2v) is 16.4. The van der Waals surface area contributed by atoms with E-state index in [0.29, 0.717) is 35.5 Å². The average Bonchev–Trinajstić information content (AvgIpc) is 3.47. The molecular formula is C29H38O10P2. The monoisotopic (exact) mass is 608 g/mol. The van der Waals surface area contributed by atoms with Crippen LogP contribution in [0.15, 0.2) is 0 Å². The van der Waals surface area contributed by atoms with Crippen molar-refractivity contribution in [1.82, 2.24) is 0 Å². The molecule has 2 unspecified atom stereocenters. The first-order valence-corrected chi connectivity index (χ1v) is 17.9. The Morgan fingerprint density at radius 1 is 0.659 bits per heavy atom. The molecule has 2 aromatic carbocycles. The van der Waals surface area contributed by atoms with E-state index in [1.165, 1.54) is 13.3 Å². The van der Waals surface area contributed by atoms with Gasteiger partial charge in [-0.3, -0.25) is 9.13 Å². The van der Waals surface area contributed by atoms with Gasteiger partial charge < -0.3 is 28.0 Å². The first-order valence-electron chi connectivity index (χ1n) is 13.4. The molecule has 2 aliphatic rings. The Hall–Kier alpha value is -2.64. The minimum Gasteiger partial charge on any atom is -0.496 e. The van der Waals surface area contributed by atoms with Crippen molar-refractivity contribution in [3.63, 3.8) is 0 Å². The van der Waals surface area contributed by atoms with Gasteiger partial charge in [-0.1, -0.05) is 0 Å². The summed E-state index contributed by atoms with van der Waals surface area (Å²) in [4.78, 5) is 24.6. The van der Waals surface area contributed by atoms with Gasteiger partial charge in [0.25, 0.3) is 0 Å². The Kier molecular flexibility index (Phi) is 9.10. The maximum Gasteiger partial charge on any atom is 0.339 e. The molecule has 2 aliphatic heterocycles. The highest BCUT2D eigenvalue weighted by Gasteiger charge is 2.33. The number of benzene rings is 2. The van der Waals surface area contributed by atoms with Crippen LogP contribution in [0.3, 0.4) is 0 Å². The van der Waals surface area contributed by atoms with Gasteiger partial charge >= 0.3 is 11.9 Å². The molecule has 224 valence electrons. The van der Waals surface area contributed by atoms with Crippen molar-refractivity contribution in [2.45, 2.75) is 53.8 Å². The van der Waals surface area contributed by atoms with Crippen LogP contribution in [0, 0.1) is 27.7 Å². The van der Waals surface area contributed by atoms with E-state index < -0.39 is 14.7 Å². The van der Waals surface area contributed by atoms with Crippen LogP contribution in [-0.2, 0) is 53.7 Å². The molecule has 12 heteroatoms. The van der Waals surface area contributed by atoms with Gasteiger partial charge in [0.05, 0.1) is 38.6 Å². The fourth-order valence-electron chi connectivity index (χ4n) is 5.91. The Balaban J connectivity index is 1.39. The summed E-state index contributed by atoms with van der Waals surface area (Å²) in [5, 5.41) is 0. The molecule has 0 fully saturated rings. The molecule has 0 radical (unpaired) electrons. The lowest BCUT2D eigenvalue weighted by atomic mass is 9.91. The molecular weight excluding hydrogens is 570 g/mol. The zero-order chi connectivity index (χ0) is 30.3. The summed E-state index contributed by atoms with van der Waals surface area (Å²) in [6.07, 6.45) is 0.699. The average molecular weight is 609 g/mol. The van der Waals surface area contributed by atoms with Gasteiger partial charge in [-0.2, -0.15) is 0 Å². The Morgan fingerprint density at radius 2 is 1.02 bits per heavy atom. The lowest BCUT2D eigenvalue weighted by Crippen LogP contribution is -2.10. The van der Waals surface area contributed by atoms with E-state index in [0.717, 1.165) is 44.5 Å². The predicted molar refractivity (Wildman–Crippen MR) is 154 cm³/mol. The molecule has 0 saturated heterocycles. The largest absolute Gasteiger partial charge is 0.496 e. The summed E-state index contributed by atoms with van der Waals surface area (Å²) in [6.45, 7) is 10.9. The number of methoxy groups -OCH3 is 2. The topological polar surface area (TPSA) is 124 Å². The lowest BCUT2D eigenvalue weighted by Gasteiger charge is -2.22. The predicted octanol–water partition coefficient (Wildman–Crippen LogP) is 5.87. The maximum absolute atomic E-state index is 13.3. The third-order valence-corrected chi connectivity index (χ3v) is 13.4. The molecule has 0 bridgehead atoms. The van der Waals surface area contributed by atoms with Crippen molar-refractivity contribution in [3.8, 4) is 11.5 Å². The molecule has 4 rings (SSSR count). The van der Waals surface area contributed by atoms with Crippen molar-refractivity contribution < 1.29 is 46.7 Å². The van der Waals surface area contributed by atoms with Gasteiger partial charge in [-0.15, -0.1) is 0 Å². The Labute approximate surface area is 240 Å². The summed E-state index contributed by atoms with van der Waals surface area (Å²) >= 11 is 0. The van der Waals surface area contributed by atoms with E-state index in [1.807, 2.05) is 27.7 Å². The minimum absolute atomic E-state index is 0.0825. The fourth-order valence-corrected chi connectivity index (χ4v) is 11.3. The van der Waals surface area contributed by atoms with Gasteiger partial charge in [0.2, 0.25) is 14.7 Å². The Morgan fingerprint density at radius 3 is 1.37 bits per heavy atom. The van der Waals surface area contributed by atoms with Crippen LogP contribution in [0.25, 0.3) is 0 Å². The van der Waals surface area contributed by atoms with E-state index in [1.54, 1.807) is 14.2 Å². The molecule has 10 nitrogen and oxygen atoms in total. The molecule has 0 N–H and O–H groups in total. The molecule has 0 spiro atoms. The number of fused-ring (bicyclic) bond motifs is 2. The number of rotatable bonds is 12. The molecule has 41 heavy (non-hydrogen) atoms. The van der Waals surface area contributed by atoms with Crippen LogP contribution < -0.4 is 9.47 Å². The number of hydrogen-bond donors (Lipinski definition) is 0. The highest BCUT2D eigenvalue weighted by Crippen LogP contribution is 2.59. The van der Waals surface area contributed by atoms with Gasteiger partial charge in [0.15, 0.2) is 0 Å². The smallest absolute Gasteiger partial charge is 0.339 e. The van der Waals surface area contributed by atoms with Crippen molar-refractivity contribution in [3.05, 3.63) is 55.6 Å². The van der Waals surface area contributed by atoms with Gasteiger partial charge in [0, 0.05) is 48.4 Å². The Bertz CT molecular complexity index is 1400. The van der Waals surface area contributed by atoms with Gasteiger partial charge in [-0.25, -0.2) is 9.59 Å². The number of ether oxygens (including phenoxy) is 4. The van der Waals surface area contributed by atoms with E-state index >= 15 is 0 Å². The summed E-state index contributed by atoms with van der Waals surface area (Å²) in [5.41, 5.74) is 7.50. The molecule has 2 aromatic rings. The second kappa shape index (κ2) is 11.9. The number of hydrogen-bond acceptors (Lipinski definition) is 10. The summed E-state index contributed by atoms with van der Waals surface area (Å²) in [7, 11) is -3.46.